The molecule has 1 aromatic rings. The number of non-ortho nitro benzene ring substituents is 1. The Kier molecular flexibility index (Phi) is 5.23. The summed E-state index contributed by atoms with van der Waals surface area (Å²) in [6, 6.07) is 2.48. The van der Waals surface area contributed by atoms with E-state index in [4.69, 9.17) is 0 Å². The first-order valence-electron chi connectivity index (χ1n) is 6.94. The van der Waals surface area contributed by atoms with Crippen molar-refractivity contribution >= 4 is 21.4 Å². The molecule has 0 bridgehead atoms. The van der Waals surface area contributed by atoms with Crippen LogP contribution in [-0.2, 0) is 10.0 Å². The fourth-order valence-electron chi connectivity index (χ4n) is 2.38. The van der Waals surface area contributed by atoms with E-state index in [9.17, 15) is 28.6 Å². The highest BCUT2D eigenvalue weighted by Crippen LogP contribution is 2.28. The molecule has 1 saturated heterocycles. The summed E-state index contributed by atoms with van der Waals surface area (Å²) in [6.45, 7) is 1.77. The van der Waals surface area contributed by atoms with Crippen LogP contribution in [0, 0.1) is 26.1 Å². The van der Waals surface area contributed by atoms with Gasteiger partial charge in [0.25, 0.3) is 11.4 Å². The van der Waals surface area contributed by atoms with Gasteiger partial charge in [0.05, 0.1) is 15.9 Å². The first kappa shape index (κ1) is 17.2. The second-order valence-corrected chi connectivity index (χ2v) is 6.95. The Labute approximate surface area is 132 Å². The maximum Gasteiger partial charge on any atom is 0.296 e. The molecule has 0 saturated carbocycles. The minimum atomic E-state index is -4.11. The van der Waals surface area contributed by atoms with Crippen LogP contribution in [-0.4, -0.2) is 37.9 Å². The highest BCUT2D eigenvalue weighted by Gasteiger charge is 2.29. The molecule has 1 aliphatic rings. The van der Waals surface area contributed by atoms with Crippen molar-refractivity contribution in [3.63, 3.8) is 0 Å². The molecule has 11 heteroatoms. The van der Waals surface area contributed by atoms with Crippen LogP contribution in [0.5, 0.6) is 0 Å². The smallest absolute Gasteiger partial charge is 0.296 e. The number of hydrogen-bond donors (Lipinski definition) is 2. The lowest BCUT2D eigenvalue weighted by atomic mass is 9.99. The third-order valence-electron chi connectivity index (χ3n) is 3.66. The zero-order chi connectivity index (χ0) is 17.0. The van der Waals surface area contributed by atoms with Crippen LogP contribution >= 0.6 is 0 Å². The van der Waals surface area contributed by atoms with Gasteiger partial charge >= 0.3 is 0 Å². The van der Waals surface area contributed by atoms with E-state index in [1.807, 2.05) is 0 Å². The third kappa shape index (κ3) is 4.21. The van der Waals surface area contributed by atoms with Gasteiger partial charge in [-0.05, 0) is 37.9 Å². The Bertz CT molecular complexity index is 714. The van der Waals surface area contributed by atoms with Gasteiger partial charge in [0.1, 0.15) is 0 Å². The van der Waals surface area contributed by atoms with E-state index in [1.165, 1.54) is 0 Å². The molecule has 0 amide bonds. The number of piperidine rings is 1. The van der Waals surface area contributed by atoms with Crippen molar-refractivity contribution < 1.29 is 18.3 Å². The molecule has 2 N–H and O–H groups in total. The fourth-order valence-corrected chi connectivity index (χ4v) is 3.65. The predicted molar refractivity (Wildman–Crippen MR) is 80.5 cm³/mol. The Balaban J connectivity index is 2.24. The average Bonchev–Trinajstić information content (AvgIpc) is 2.53. The van der Waals surface area contributed by atoms with E-state index in [0.29, 0.717) is 6.07 Å². The summed E-state index contributed by atoms with van der Waals surface area (Å²) in [6.07, 6.45) is 1.62. The lowest BCUT2D eigenvalue weighted by Gasteiger charge is -2.22. The van der Waals surface area contributed by atoms with Crippen molar-refractivity contribution in [1.29, 1.82) is 0 Å². The molecule has 0 aromatic heterocycles. The van der Waals surface area contributed by atoms with Crippen molar-refractivity contribution in [2.75, 3.05) is 19.6 Å². The molecule has 23 heavy (non-hydrogen) atoms. The third-order valence-corrected chi connectivity index (χ3v) is 5.13. The lowest BCUT2D eigenvalue weighted by molar-refractivity contribution is -0.396. The van der Waals surface area contributed by atoms with E-state index in [-0.39, 0.29) is 12.5 Å². The van der Waals surface area contributed by atoms with Crippen LogP contribution in [0.2, 0.25) is 0 Å². The molecule has 0 spiro atoms. The Morgan fingerprint density at radius 3 is 2.39 bits per heavy atom. The number of benzene rings is 1. The maximum atomic E-state index is 12.3. The summed E-state index contributed by atoms with van der Waals surface area (Å²) >= 11 is 0. The van der Waals surface area contributed by atoms with Crippen LogP contribution in [0.3, 0.4) is 0 Å². The van der Waals surface area contributed by atoms with Crippen molar-refractivity contribution in [2.45, 2.75) is 17.7 Å². The normalized spacial score (nSPS) is 16.2. The number of nitro groups is 2. The van der Waals surface area contributed by atoms with Crippen molar-refractivity contribution in [3.05, 3.63) is 38.4 Å². The zero-order valence-electron chi connectivity index (χ0n) is 12.1. The average molecular weight is 344 g/mol. The van der Waals surface area contributed by atoms with Crippen LogP contribution in [0.15, 0.2) is 23.1 Å². The quantitative estimate of drug-likeness (QED) is 0.573. The molecule has 0 aliphatic carbocycles. The minimum Gasteiger partial charge on any atom is -0.317 e. The van der Waals surface area contributed by atoms with Gasteiger partial charge in [-0.1, -0.05) is 0 Å². The number of nitrogens with zero attached hydrogens (tertiary/aromatic N) is 2. The first-order valence-corrected chi connectivity index (χ1v) is 8.43. The van der Waals surface area contributed by atoms with Gasteiger partial charge in [0.2, 0.25) is 10.0 Å². The number of rotatable bonds is 6. The number of nitrogens with one attached hydrogen (secondary N) is 2. The van der Waals surface area contributed by atoms with Gasteiger partial charge in [-0.3, -0.25) is 20.2 Å². The maximum absolute atomic E-state index is 12.3. The molecule has 1 heterocycles. The molecular formula is C12H16N4O6S. The highest BCUT2D eigenvalue weighted by molar-refractivity contribution is 7.89. The number of sulfonamides is 1. The number of nitro benzene ring substituents is 2. The molecule has 126 valence electrons. The Morgan fingerprint density at radius 1 is 1.17 bits per heavy atom. The summed E-state index contributed by atoms with van der Waals surface area (Å²) in [5, 5.41) is 24.9. The second kappa shape index (κ2) is 6.98. The van der Waals surface area contributed by atoms with Crippen molar-refractivity contribution in [1.82, 2.24) is 10.0 Å². The molecular weight excluding hydrogens is 328 g/mol. The standard InChI is InChI=1S/C12H16N4O6S/c17-15(18)10-1-2-12(11(7-10)16(19)20)23(21,22)14-8-9-3-5-13-6-4-9/h1-2,7,9,13-14H,3-6,8H2. The van der Waals surface area contributed by atoms with E-state index in [0.717, 1.165) is 38.1 Å². The molecule has 1 fully saturated rings. The van der Waals surface area contributed by atoms with Gasteiger partial charge in [-0.25, -0.2) is 13.1 Å². The predicted octanol–water partition coefficient (Wildman–Crippen LogP) is 0.781. The van der Waals surface area contributed by atoms with Gasteiger partial charge in [0.15, 0.2) is 4.90 Å². The summed E-state index contributed by atoms with van der Waals surface area (Å²) in [7, 11) is -4.11. The zero-order valence-corrected chi connectivity index (χ0v) is 12.9. The number of hydrogen-bond acceptors (Lipinski definition) is 7. The summed E-state index contributed by atoms with van der Waals surface area (Å²) in [4.78, 5) is 19.4. The molecule has 0 radical (unpaired) electrons. The monoisotopic (exact) mass is 344 g/mol. The molecule has 10 nitrogen and oxygen atoms in total. The second-order valence-electron chi connectivity index (χ2n) is 5.21. The molecule has 1 aromatic carbocycles. The SMILES string of the molecule is O=[N+]([O-])c1ccc(S(=O)(=O)NCC2CCNCC2)c([N+](=O)[O-])c1. The highest BCUT2D eigenvalue weighted by atomic mass is 32.2. The lowest BCUT2D eigenvalue weighted by Crippen LogP contribution is -2.36. The van der Waals surface area contributed by atoms with Gasteiger partial charge in [0, 0.05) is 12.6 Å². The fraction of sp³-hybridized carbons (Fsp3) is 0.500. The van der Waals surface area contributed by atoms with Crippen molar-refractivity contribution in [2.24, 2.45) is 5.92 Å². The molecule has 2 rings (SSSR count). The van der Waals surface area contributed by atoms with E-state index < -0.39 is 36.1 Å². The van der Waals surface area contributed by atoms with Crippen LogP contribution in [0.25, 0.3) is 0 Å². The van der Waals surface area contributed by atoms with Crippen LogP contribution < -0.4 is 10.0 Å². The Morgan fingerprint density at radius 2 is 1.83 bits per heavy atom. The largest absolute Gasteiger partial charge is 0.317 e. The summed E-state index contributed by atoms with van der Waals surface area (Å²) in [5.74, 6) is 0.156. The molecule has 0 atom stereocenters. The van der Waals surface area contributed by atoms with Gasteiger partial charge in [-0.2, -0.15) is 0 Å². The Hall–Kier alpha value is -2.11. The summed E-state index contributed by atoms with van der Waals surface area (Å²) in [5.41, 5.74) is -1.34. The van der Waals surface area contributed by atoms with Crippen molar-refractivity contribution in [3.8, 4) is 0 Å². The minimum absolute atomic E-state index is 0.156. The van der Waals surface area contributed by atoms with Gasteiger partial charge < -0.3 is 5.32 Å². The van der Waals surface area contributed by atoms with E-state index >= 15 is 0 Å². The topological polar surface area (TPSA) is 144 Å². The van der Waals surface area contributed by atoms with Crippen LogP contribution in [0.1, 0.15) is 12.8 Å². The van der Waals surface area contributed by atoms with Crippen LogP contribution in [0.4, 0.5) is 11.4 Å². The molecule has 0 unspecified atom stereocenters. The van der Waals surface area contributed by atoms with E-state index in [2.05, 4.69) is 10.0 Å². The van der Waals surface area contributed by atoms with Gasteiger partial charge in [-0.15, -0.1) is 0 Å². The first-order chi connectivity index (χ1) is 10.8. The molecule has 1 aliphatic heterocycles. The van der Waals surface area contributed by atoms with E-state index in [1.54, 1.807) is 0 Å². The summed E-state index contributed by atoms with van der Waals surface area (Å²) < 4.78 is 26.9.